The van der Waals surface area contributed by atoms with E-state index in [0.29, 0.717) is 36.5 Å². The number of aryl methyl sites for hydroxylation is 2. The van der Waals surface area contributed by atoms with Gasteiger partial charge in [-0.15, -0.1) is 0 Å². The smallest absolute Gasteiger partial charge is 0.253 e. The van der Waals surface area contributed by atoms with E-state index in [-0.39, 0.29) is 18.5 Å². The highest BCUT2D eigenvalue weighted by Gasteiger charge is 2.23. The monoisotopic (exact) mass is 395 g/mol. The molecule has 0 saturated carbocycles. The van der Waals surface area contributed by atoms with Crippen LogP contribution in [-0.4, -0.2) is 47.5 Å². The molecule has 1 aliphatic rings. The zero-order valence-electron chi connectivity index (χ0n) is 15.5. The van der Waals surface area contributed by atoms with Crippen molar-refractivity contribution >= 4 is 17.5 Å². The minimum Gasteiger partial charge on any atom is -0.349 e. The van der Waals surface area contributed by atoms with Crippen molar-refractivity contribution in [3.8, 4) is 5.69 Å². The number of piperidine rings is 1. The molecular weight excluding hydrogens is 372 g/mol. The maximum Gasteiger partial charge on any atom is 0.253 e. The van der Waals surface area contributed by atoms with E-state index < -0.39 is 6.43 Å². The second-order valence-electron chi connectivity index (χ2n) is 7.06. The summed E-state index contributed by atoms with van der Waals surface area (Å²) in [5.74, 6) is -0.225. The molecule has 146 valence electrons. The van der Waals surface area contributed by atoms with Gasteiger partial charge in [-0.05, 0) is 57.0 Å². The van der Waals surface area contributed by atoms with Crippen molar-refractivity contribution in [1.82, 2.24) is 14.8 Å². The van der Waals surface area contributed by atoms with E-state index in [1.54, 1.807) is 17.0 Å². The molecule has 3 rings (SSSR count). The Balaban J connectivity index is 1.70. The highest BCUT2D eigenvalue weighted by atomic mass is 35.5. The first-order valence-electron chi connectivity index (χ1n) is 9.11. The SMILES string of the molecule is Cc1ccc(C)n1-c1ccc(Cl)c(C(=O)NC2CCN(CC(F)F)CC2)c1. The number of carbonyl (C=O) groups excluding carboxylic acids is 1. The number of likely N-dealkylation sites (tertiary alicyclic amines) is 1. The summed E-state index contributed by atoms with van der Waals surface area (Å²) in [6, 6.07) is 9.44. The van der Waals surface area contributed by atoms with Crippen molar-refractivity contribution in [3.63, 3.8) is 0 Å². The fourth-order valence-electron chi connectivity index (χ4n) is 3.62. The number of carbonyl (C=O) groups is 1. The second-order valence-corrected chi connectivity index (χ2v) is 7.46. The Labute approximate surface area is 163 Å². The summed E-state index contributed by atoms with van der Waals surface area (Å²) in [6.07, 6.45) is -1.00. The van der Waals surface area contributed by atoms with E-state index >= 15 is 0 Å². The summed E-state index contributed by atoms with van der Waals surface area (Å²) >= 11 is 6.27. The molecule has 27 heavy (non-hydrogen) atoms. The van der Waals surface area contributed by atoms with Gasteiger partial charge >= 0.3 is 0 Å². The first-order chi connectivity index (χ1) is 12.8. The number of benzene rings is 1. The largest absolute Gasteiger partial charge is 0.349 e. The second kappa shape index (κ2) is 8.40. The van der Waals surface area contributed by atoms with Crippen molar-refractivity contribution in [2.24, 2.45) is 0 Å². The first kappa shape index (κ1) is 19.8. The Hall–Kier alpha value is -1.92. The molecule has 1 saturated heterocycles. The zero-order chi connectivity index (χ0) is 19.6. The molecule has 0 spiro atoms. The molecule has 1 aromatic carbocycles. The Morgan fingerprint density at radius 2 is 1.81 bits per heavy atom. The molecule has 0 radical (unpaired) electrons. The molecular formula is C20H24ClF2N3O. The minimum atomic E-state index is -2.32. The lowest BCUT2D eigenvalue weighted by Crippen LogP contribution is -2.45. The summed E-state index contributed by atoms with van der Waals surface area (Å²) < 4.78 is 27.0. The molecule has 0 aliphatic carbocycles. The fourth-order valence-corrected chi connectivity index (χ4v) is 3.82. The molecule has 1 aromatic heterocycles. The number of nitrogens with one attached hydrogen (secondary N) is 1. The third kappa shape index (κ3) is 4.68. The van der Waals surface area contributed by atoms with Crippen molar-refractivity contribution in [1.29, 1.82) is 0 Å². The Morgan fingerprint density at radius 3 is 2.41 bits per heavy atom. The average Bonchev–Trinajstić information content (AvgIpc) is 2.95. The molecule has 1 amide bonds. The van der Waals surface area contributed by atoms with Crippen LogP contribution in [0, 0.1) is 13.8 Å². The van der Waals surface area contributed by atoms with Gasteiger partial charge in [-0.2, -0.15) is 0 Å². The standard InChI is InChI=1S/C20H24ClF2N3O/c1-13-3-4-14(2)26(13)16-5-6-18(21)17(11-16)20(27)24-15-7-9-25(10-8-15)12-19(22)23/h3-6,11,15,19H,7-10,12H2,1-2H3,(H,24,27). The number of amides is 1. The van der Waals surface area contributed by atoms with Crippen molar-refractivity contribution in [2.75, 3.05) is 19.6 Å². The number of alkyl halides is 2. The van der Waals surface area contributed by atoms with Crippen molar-refractivity contribution < 1.29 is 13.6 Å². The average molecular weight is 396 g/mol. The molecule has 7 heteroatoms. The topological polar surface area (TPSA) is 37.3 Å². The van der Waals surface area contributed by atoms with Gasteiger partial charge in [0.25, 0.3) is 12.3 Å². The van der Waals surface area contributed by atoms with E-state index in [2.05, 4.69) is 9.88 Å². The lowest BCUT2D eigenvalue weighted by Gasteiger charge is -2.32. The summed E-state index contributed by atoms with van der Waals surface area (Å²) in [7, 11) is 0. The maximum absolute atomic E-state index is 12.7. The molecule has 2 aromatic rings. The molecule has 2 heterocycles. The predicted molar refractivity (Wildman–Crippen MR) is 103 cm³/mol. The van der Waals surface area contributed by atoms with Crippen LogP contribution in [-0.2, 0) is 0 Å². The van der Waals surface area contributed by atoms with Gasteiger partial charge in [0, 0.05) is 36.2 Å². The van der Waals surface area contributed by atoms with Crippen LogP contribution >= 0.6 is 11.6 Å². The van der Waals surface area contributed by atoms with E-state index in [4.69, 9.17) is 11.6 Å². The molecule has 0 bridgehead atoms. The molecule has 1 fully saturated rings. The van der Waals surface area contributed by atoms with Gasteiger partial charge in [0.05, 0.1) is 17.1 Å². The predicted octanol–water partition coefficient (Wildman–Crippen LogP) is 4.21. The zero-order valence-corrected chi connectivity index (χ0v) is 16.3. The first-order valence-corrected chi connectivity index (χ1v) is 9.49. The molecule has 0 atom stereocenters. The Bertz CT molecular complexity index is 794. The van der Waals surface area contributed by atoms with Crippen LogP contribution in [0.2, 0.25) is 5.02 Å². The number of aromatic nitrogens is 1. The number of halogens is 3. The van der Waals surface area contributed by atoms with Gasteiger partial charge in [-0.3, -0.25) is 9.69 Å². The molecule has 1 aliphatic heterocycles. The van der Waals surface area contributed by atoms with Crippen molar-refractivity contribution in [3.05, 3.63) is 52.3 Å². The van der Waals surface area contributed by atoms with Crippen LogP contribution in [0.3, 0.4) is 0 Å². The third-order valence-corrected chi connectivity index (χ3v) is 5.37. The maximum atomic E-state index is 12.7. The van der Waals surface area contributed by atoms with Crippen LogP contribution in [0.5, 0.6) is 0 Å². The quantitative estimate of drug-likeness (QED) is 0.823. The highest BCUT2D eigenvalue weighted by molar-refractivity contribution is 6.33. The van der Waals surface area contributed by atoms with E-state index in [1.807, 2.05) is 32.0 Å². The summed E-state index contributed by atoms with van der Waals surface area (Å²) in [5.41, 5.74) is 3.47. The lowest BCUT2D eigenvalue weighted by atomic mass is 10.0. The molecule has 1 N–H and O–H groups in total. The van der Waals surface area contributed by atoms with Crippen molar-refractivity contribution in [2.45, 2.75) is 39.2 Å². The van der Waals surface area contributed by atoms with E-state index in [9.17, 15) is 13.6 Å². The van der Waals surface area contributed by atoms with Crippen LogP contribution in [0.1, 0.15) is 34.6 Å². The van der Waals surface area contributed by atoms with Gasteiger partial charge in [-0.1, -0.05) is 11.6 Å². The van der Waals surface area contributed by atoms with Crippen LogP contribution < -0.4 is 5.32 Å². The number of nitrogens with zero attached hydrogens (tertiary/aromatic N) is 2. The van der Waals surface area contributed by atoms with Gasteiger partial charge in [0.1, 0.15) is 0 Å². The normalized spacial score (nSPS) is 16.1. The van der Waals surface area contributed by atoms with Crippen LogP contribution in [0.25, 0.3) is 5.69 Å². The molecule has 4 nitrogen and oxygen atoms in total. The summed E-state index contributed by atoms with van der Waals surface area (Å²) in [4.78, 5) is 14.5. The van der Waals surface area contributed by atoms with Crippen LogP contribution in [0.15, 0.2) is 30.3 Å². The van der Waals surface area contributed by atoms with Gasteiger partial charge in [0.2, 0.25) is 0 Å². The third-order valence-electron chi connectivity index (χ3n) is 5.04. The summed E-state index contributed by atoms with van der Waals surface area (Å²) in [6.45, 7) is 4.93. The highest BCUT2D eigenvalue weighted by Crippen LogP contribution is 2.23. The van der Waals surface area contributed by atoms with Gasteiger partial charge < -0.3 is 9.88 Å². The van der Waals surface area contributed by atoms with E-state index in [1.165, 1.54) is 0 Å². The Kier molecular flexibility index (Phi) is 6.17. The number of hydrogen-bond donors (Lipinski definition) is 1. The number of rotatable bonds is 5. The number of hydrogen-bond acceptors (Lipinski definition) is 2. The van der Waals surface area contributed by atoms with Gasteiger partial charge in [0.15, 0.2) is 0 Å². The Morgan fingerprint density at radius 1 is 1.19 bits per heavy atom. The fraction of sp³-hybridized carbons (Fsp3) is 0.450. The van der Waals surface area contributed by atoms with Gasteiger partial charge in [-0.25, -0.2) is 8.78 Å². The minimum absolute atomic E-state index is 0.0267. The summed E-state index contributed by atoms with van der Waals surface area (Å²) in [5, 5.41) is 3.40. The van der Waals surface area contributed by atoms with E-state index in [0.717, 1.165) is 17.1 Å². The lowest BCUT2D eigenvalue weighted by molar-refractivity contribution is 0.0696. The van der Waals surface area contributed by atoms with Crippen LogP contribution in [0.4, 0.5) is 8.78 Å². The molecule has 0 unspecified atom stereocenters.